The summed E-state index contributed by atoms with van der Waals surface area (Å²) in [6.45, 7) is 8.35. The van der Waals surface area contributed by atoms with Gasteiger partial charge in [0.05, 0.1) is 18.1 Å². The Bertz CT molecular complexity index is 1030. The van der Waals surface area contributed by atoms with Crippen molar-refractivity contribution >= 4 is 30.6 Å². The van der Waals surface area contributed by atoms with Crippen LogP contribution in [0.2, 0.25) is 5.04 Å². The van der Waals surface area contributed by atoms with Gasteiger partial charge >= 0.3 is 6.03 Å². The highest BCUT2D eigenvalue weighted by Crippen LogP contribution is 2.44. The van der Waals surface area contributed by atoms with Crippen LogP contribution in [0.4, 0.5) is 4.79 Å². The van der Waals surface area contributed by atoms with Crippen LogP contribution in [-0.2, 0) is 14.0 Å². The number of nitrogens with zero attached hydrogens (tertiary/aromatic N) is 1. The van der Waals surface area contributed by atoms with Crippen LogP contribution in [0.25, 0.3) is 0 Å². The molecule has 0 saturated carbocycles. The minimum atomic E-state index is -2.88. The first-order chi connectivity index (χ1) is 16.1. The first kappa shape index (κ1) is 23.2. The number of imide groups is 1. The Morgan fingerprint density at radius 2 is 1.59 bits per heavy atom. The predicted octanol–water partition coefficient (Wildman–Crippen LogP) is 1.98. The number of benzene rings is 2. The Labute approximate surface area is 201 Å². The summed E-state index contributed by atoms with van der Waals surface area (Å²) in [4.78, 5) is 26.5. The monoisotopic (exact) mass is 480 g/mol. The van der Waals surface area contributed by atoms with E-state index in [0.717, 1.165) is 10.4 Å². The molecule has 3 heterocycles. The third-order valence-electron chi connectivity index (χ3n) is 7.57. The van der Waals surface area contributed by atoms with E-state index >= 15 is 0 Å². The van der Waals surface area contributed by atoms with Crippen molar-refractivity contribution in [3.05, 3.63) is 60.7 Å². The quantitative estimate of drug-likeness (QED) is 0.654. The maximum atomic E-state index is 12.7. The Morgan fingerprint density at radius 3 is 2.12 bits per heavy atom. The number of rotatable bonds is 4. The Hall–Kier alpha value is -2.52. The molecule has 6 atom stereocenters. The van der Waals surface area contributed by atoms with Crippen molar-refractivity contribution in [1.29, 1.82) is 0 Å². The number of hydrogen-bond donors (Lipinski definition) is 2. The van der Waals surface area contributed by atoms with Gasteiger partial charge in [0.15, 0.2) is 0 Å². The van der Waals surface area contributed by atoms with Crippen molar-refractivity contribution in [2.45, 2.75) is 69.7 Å². The van der Waals surface area contributed by atoms with Crippen LogP contribution in [0.15, 0.2) is 60.7 Å². The number of fused-ring (bicyclic) bond motifs is 4. The second-order valence-corrected chi connectivity index (χ2v) is 14.8. The van der Waals surface area contributed by atoms with Gasteiger partial charge in [-0.15, -0.1) is 0 Å². The molecule has 0 aromatic heterocycles. The summed E-state index contributed by atoms with van der Waals surface area (Å²) in [5, 5.41) is 15.8. The molecule has 2 bridgehead atoms. The first-order valence-corrected chi connectivity index (χ1v) is 13.8. The van der Waals surface area contributed by atoms with E-state index in [9.17, 15) is 14.7 Å². The Balaban J connectivity index is 1.58. The molecule has 180 valence electrons. The van der Waals surface area contributed by atoms with E-state index in [1.54, 1.807) is 6.92 Å². The maximum Gasteiger partial charge on any atom is 0.326 e. The summed E-state index contributed by atoms with van der Waals surface area (Å²) in [7, 11) is -2.88. The van der Waals surface area contributed by atoms with Gasteiger partial charge in [0.25, 0.3) is 8.32 Å². The number of amides is 3. The summed E-state index contributed by atoms with van der Waals surface area (Å²) in [5.41, 5.74) is 0. The summed E-state index contributed by atoms with van der Waals surface area (Å²) in [5.74, 6) is -0.899. The van der Waals surface area contributed by atoms with E-state index in [4.69, 9.17) is 9.16 Å². The van der Waals surface area contributed by atoms with Gasteiger partial charge in [-0.05, 0) is 15.4 Å². The summed E-state index contributed by atoms with van der Waals surface area (Å²) >= 11 is 0. The van der Waals surface area contributed by atoms with Crippen molar-refractivity contribution in [3.63, 3.8) is 0 Å². The molecule has 2 aromatic carbocycles. The zero-order chi connectivity index (χ0) is 24.3. The van der Waals surface area contributed by atoms with Gasteiger partial charge in [0.1, 0.15) is 18.4 Å². The van der Waals surface area contributed by atoms with E-state index < -0.39 is 50.8 Å². The number of urea groups is 1. The van der Waals surface area contributed by atoms with E-state index in [2.05, 4.69) is 50.4 Å². The summed E-state index contributed by atoms with van der Waals surface area (Å²) < 4.78 is 13.4. The molecule has 0 spiro atoms. The summed E-state index contributed by atoms with van der Waals surface area (Å²) in [6, 6.07) is 19.5. The highest BCUT2D eigenvalue weighted by Gasteiger charge is 2.61. The van der Waals surface area contributed by atoms with Gasteiger partial charge in [-0.3, -0.25) is 15.0 Å². The minimum absolute atomic E-state index is 0.231. The third-order valence-corrected chi connectivity index (χ3v) is 12.6. The fourth-order valence-corrected chi connectivity index (χ4v) is 10.7. The second-order valence-electron chi connectivity index (χ2n) is 10.6. The molecule has 2 N–H and O–H groups in total. The Kier molecular flexibility index (Phi) is 5.67. The zero-order valence-corrected chi connectivity index (χ0v) is 21.0. The number of ether oxygens (including phenoxy) is 1. The van der Waals surface area contributed by atoms with Crippen LogP contribution < -0.4 is 15.7 Å². The molecule has 0 unspecified atom stereocenters. The topological polar surface area (TPSA) is 88.1 Å². The highest BCUT2D eigenvalue weighted by molar-refractivity contribution is 6.99. The van der Waals surface area contributed by atoms with Gasteiger partial charge in [-0.2, -0.15) is 0 Å². The van der Waals surface area contributed by atoms with Crippen LogP contribution in [0.5, 0.6) is 0 Å². The summed E-state index contributed by atoms with van der Waals surface area (Å²) in [6.07, 6.45) is -2.16. The average molecular weight is 481 g/mol. The fourth-order valence-electron chi connectivity index (χ4n) is 5.96. The molecule has 3 fully saturated rings. The van der Waals surface area contributed by atoms with Gasteiger partial charge in [-0.25, -0.2) is 4.79 Å². The molecule has 8 heteroatoms. The number of carbonyl (C=O) groups is 2. The molecular formula is C26H32N2O5Si. The highest BCUT2D eigenvalue weighted by atomic mass is 28.4. The van der Waals surface area contributed by atoms with Gasteiger partial charge in [0, 0.05) is 6.42 Å². The lowest BCUT2D eigenvalue weighted by Crippen LogP contribution is -2.70. The maximum absolute atomic E-state index is 12.7. The lowest BCUT2D eigenvalue weighted by Gasteiger charge is -2.48. The van der Waals surface area contributed by atoms with Crippen molar-refractivity contribution in [3.8, 4) is 0 Å². The van der Waals surface area contributed by atoms with Crippen LogP contribution in [-0.4, -0.2) is 60.8 Å². The Morgan fingerprint density at radius 1 is 1.03 bits per heavy atom. The number of carbonyl (C=O) groups excluding carboxylic acids is 2. The SMILES string of the molecule is C[C@@H]1C(=O)NC(=O)N2[C@@H]1[C@H](O)[C@H]1O[C@@H]2C[C@@H]1O[Si](c1ccccc1)(c1ccccc1)C(C)(C)C. The second kappa shape index (κ2) is 8.30. The van der Waals surface area contributed by atoms with Crippen LogP contribution in [0.3, 0.4) is 0 Å². The molecule has 3 amide bonds. The average Bonchev–Trinajstić information content (AvgIpc) is 3.18. The molecule has 3 aliphatic rings. The van der Waals surface area contributed by atoms with E-state index in [1.807, 2.05) is 36.4 Å². The van der Waals surface area contributed by atoms with Crippen molar-refractivity contribution in [1.82, 2.24) is 10.2 Å². The third kappa shape index (κ3) is 3.43. The van der Waals surface area contributed by atoms with Crippen LogP contribution >= 0.6 is 0 Å². The molecule has 0 radical (unpaired) electrons. The van der Waals surface area contributed by atoms with Gasteiger partial charge in [0.2, 0.25) is 5.91 Å². The number of hydrogen-bond acceptors (Lipinski definition) is 5. The zero-order valence-electron chi connectivity index (χ0n) is 20.0. The number of nitrogens with one attached hydrogen (secondary N) is 1. The number of aliphatic hydroxyl groups excluding tert-OH is 1. The van der Waals surface area contributed by atoms with Crippen molar-refractivity contribution in [2.75, 3.05) is 0 Å². The molecule has 2 aromatic rings. The molecule has 7 nitrogen and oxygen atoms in total. The molecule has 3 aliphatic heterocycles. The normalized spacial score (nSPS) is 31.3. The molecule has 5 rings (SSSR count). The molecule has 3 saturated heterocycles. The first-order valence-electron chi connectivity index (χ1n) is 11.9. The molecule has 34 heavy (non-hydrogen) atoms. The molecular weight excluding hydrogens is 448 g/mol. The predicted molar refractivity (Wildman–Crippen MR) is 130 cm³/mol. The lowest BCUT2D eigenvalue weighted by atomic mass is 9.89. The molecule has 0 aliphatic carbocycles. The van der Waals surface area contributed by atoms with E-state index in [0.29, 0.717) is 6.42 Å². The standard InChI is InChI=1S/C26H32N2O5Si/c1-16-21-22(29)23-19(15-20(32-23)28(21)25(31)27-24(16)30)33-34(26(2,3)4,17-11-7-5-8-12-17)18-13-9-6-10-14-18/h5-14,16,19-23,29H,15H2,1-4H3,(H,27,30,31)/t16-,19-,20+,21-,22-,23-/m0/s1. The van der Waals surface area contributed by atoms with Crippen LogP contribution in [0.1, 0.15) is 34.1 Å². The lowest BCUT2D eigenvalue weighted by molar-refractivity contribution is -0.186. The van der Waals surface area contributed by atoms with E-state index in [-0.39, 0.29) is 10.9 Å². The largest absolute Gasteiger partial charge is 0.402 e. The number of aliphatic hydroxyl groups is 1. The van der Waals surface area contributed by atoms with Gasteiger partial charge in [-0.1, -0.05) is 88.4 Å². The van der Waals surface area contributed by atoms with Crippen molar-refractivity contribution < 1.29 is 23.9 Å². The van der Waals surface area contributed by atoms with Crippen molar-refractivity contribution in [2.24, 2.45) is 5.92 Å². The van der Waals surface area contributed by atoms with Crippen LogP contribution in [0, 0.1) is 5.92 Å². The minimum Gasteiger partial charge on any atom is -0.402 e. The fraction of sp³-hybridized carbons (Fsp3) is 0.462. The van der Waals surface area contributed by atoms with Gasteiger partial charge < -0.3 is 14.3 Å². The smallest absolute Gasteiger partial charge is 0.326 e. The van der Waals surface area contributed by atoms with E-state index in [1.165, 1.54) is 4.90 Å².